The molecule has 6 unspecified atom stereocenters. The van der Waals surface area contributed by atoms with Crippen LogP contribution >= 0.6 is 0 Å². The van der Waals surface area contributed by atoms with Gasteiger partial charge in [-0.2, -0.15) is 0 Å². The summed E-state index contributed by atoms with van der Waals surface area (Å²) in [5.74, 6) is 0.767. The maximum absolute atomic E-state index is 6.00. The molecule has 0 bridgehead atoms. The summed E-state index contributed by atoms with van der Waals surface area (Å²) < 4.78 is 0. The Morgan fingerprint density at radius 3 is 1.43 bits per heavy atom. The van der Waals surface area contributed by atoms with Crippen molar-refractivity contribution in [3.05, 3.63) is 0 Å². The second kappa shape index (κ2) is 30.7. The van der Waals surface area contributed by atoms with Crippen LogP contribution in [0, 0.1) is 5.92 Å². The molecule has 0 saturated carbocycles. The second-order valence-corrected chi connectivity index (χ2v) is 13.9. The van der Waals surface area contributed by atoms with Crippen molar-refractivity contribution in [2.45, 2.75) is 186 Å². The molecule has 42 heavy (non-hydrogen) atoms. The fourth-order valence-electron chi connectivity index (χ4n) is 5.78. The molecule has 0 saturated heterocycles. The van der Waals surface area contributed by atoms with Crippen molar-refractivity contribution in [2.24, 2.45) is 28.9 Å². The maximum atomic E-state index is 6.00. The molecule has 0 aromatic carbocycles. The van der Waals surface area contributed by atoms with E-state index in [9.17, 15) is 0 Å². The minimum absolute atomic E-state index is 0.287. The number of nitrogens with one attached hydrogen (secondary N) is 3. The van der Waals surface area contributed by atoms with Gasteiger partial charge in [0.2, 0.25) is 0 Å². The van der Waals surface area contributed by atoms with Gasteiger partial charge in [-0.1, -0.05) is 64.2 Å². The Labute approximate surface area is 263 Å². The number of rotatable bonds is 33. The third-order valence-corrected chi connectivity index (χ3v) is 8.60. The van der Waals surface area contributed by atoms with Gasteiger partial charge in [0.1, 0.15) is 0 Å². The molecule has 254 valence electrons. The normalized spacial score (nSPS) is 16.3. The van der Waals surface area contributed by atoms with Crippen molar-refractivity contribution in [1.29, 1.82) is 0 Å². The first kappa shape index (κ1) is 41.7. The predicted octanol–water partition coefficient (Wildman–Crippen LogP) is 5.93. The van der Waals surface area contributed by atoms with Crippen molar-refractivity contribution in [3.8, 4) is 0 Å². The van der Waals surface area contributed by atoms with E-state index in [0.29, 0.717) is 24.2 Å². The van der Waals surface area contributed by atoms with E-state index < -0.39 is 0 Å². The highest BCUT2D eigenvalue weighted by molar-refractivity contribution is 4.70. The molecule has 0 aliphatic rings. The molecule has 0 aromatic rings. The third-order valence-electron chi connectivity index (χ3n) is 8.60. The molecule has 7 nitrogen and oxygen atoms in total. The molecular weight excluding hydrogens is 518 g/mol. The van der Waals surface area contributed by atoms with E-state index >= 15 is 0 Å². The van der Waals surface area contributed by atoms with Gasteiger partial charge >= 0.3 is 0 Å². The Morgan fingerprint density at radius 2 is 0.833 bits per heavy atom. The van der Waals surface area contributed by atoms with Crippen LogP contribution in [0.3, 0.4) is 0 Å². The quantitative estimate of drug-likeness (QED) is 0.0465. The van der Waals surface area contributed by atoms with E-state index in [1.165, 1.54) is 103 Å². The predicted molar refractivity (Wildman–Crippen MR) is 188 cm³/mol. The molecule has 0 fully saturated rings. The summed E-state index contributed by atoms with van der Waals surface area (Å²) in [5, 5.41) is 11.2. The molecule has 0 spiro atoms. The van der Waals surface area contributed by atoms with Gasteiger partial charge in [0.15, 0.2) is 0 Å². The monoisotopic (exact) mass is 598 g/mol. The lowest BCUT2D eigenvalue weighted by molar-refractivity contribution is 0.380. The first-order chi connectivity index (χ1) is 20.2. The van der Waals surface area contributed by atoms with Crippen molar-refractivity contribution >= 4 is 0 Å². The number of hydrogen-bond donors (Lipinski definition) is 7. The summed E-state index contributed by atoms with van der Waals surface area (Å²) in [5.41, 5.74) is 23.7. The fourth-order valence-corrected chi connectivity index (χ4v) is 5.78. The SMILES string of the molecule is CC(N)CCCCCCC(CCCCCCCCNCC(CCCNCCC(C)N)CCCC(C)N)NCCC(C)N. The first-order valence-corrected chi connectivity index (χ1v) is 18.4. The lowest BCUT2D eigenvalue weighted by Crippen LogP contribution is -2.32. The highest BCUT2D eigenvalue weighted by Gasteiger charge is 2.10. The average Bonchev–Trinajstić information content (AvgIpc) is 2.91. The van der Waals surface area contributed by atoms with Gasteiger partial charge in [-0.15, -0.1) is 0 Å². The van der Waals surface area contributed by atoms with E-state index in [2.05, 4.69) is 43.6 Å². The van der Waals surface area contributed by atoms with Crippen LogP contribution in [0.2, 0.25) is 0 Å². The van der Waals surface area contributed by atoms with Crippen molar-refractivity contribution < 1.29 is 0 Å². The van der Waals surface area contributed by atoms with Crippen LogP contribution < -0.4 is 38.9 Å². The standard InChI is InChI=1S/C35H79N7/c1-30(36)17-11-8-9-13-22-35(42-28-24-33(4)39)21-12-7-5-6-10-14-25-41-29-34(19-15-18-31(2)37)20-16-26-40-27-23-32(3)38/h30-35,40-42H,5-29,36-39H2,1-4H3. The van der Waals surface area contributed by atoms with Gasteiger partial charge in [-0.25, -0.2) is 0 Å². The summed E-state index contributed by atoms with van der Waals surface area (Å²) in [6.45, 7) is 13.9. The third kappa shape index (κ3) is 32.6. The zero-order valence-corrected chi connectivity index (χ0v) is 29.0. The van der Waals surface area contributed by atoms with E-state index in [0.717, 1.165) is 64.3 Å². The van der Waals surface area contributed by atoms with E-state index in [-0.39, 0.29) is 6.04 Å². The molecule has 0 aromatic heterocycles. The lowest BCUT2D eigenvalue weighted by atomic mass is 9.95. The van der Waals surface area contributed by atoms with Crippen LogP contribution in [-0.4, -0.2) is 62.9 Å². The summed E-state index contributed by atoms with van der Waals surface area (Å²) in [7, 11) is 0. The van der Waals surface area contributed by atoms with Crippen LogP contribution in [0.5, 0.6) is 0 Å². The number of unbranched alkanes of at least 4 members (excludes halogenated alkanes) is 8. The van der Waals surface area contributed by atoms with Crippen molar-refractivity contribution in [1.82, 2.24) is 16.0 Å². The van der Waals surface area contributed by atoms with E-state index in [1.54, 1.807) is 0 Å². The molecule has 11 N–H and O–H groups in total. The molecule has 0 rings (SSSR count). The second-order valence-electron chi connectivity index (χ2n) is 13.9. The van der Waals surface area contributed by atoms with Crippen LogP contribution in [0.1, 0.15) is 156 Å². The molecular formula is C35H79N7. The minimum Gasteiger partial charge on any atom is -0.328 e. The molecule has 0 heterocycles. The lowest BCUT2D eigenvalue weighted by Gasteiger charge is -2.20. The Bertz CT molecular complexity index is 481. The highest BCUT2D eigenvalue weighted by atomic mass is 14.9. The van der Waals surface area contributed by atoms with E-state index in [4.69, 9.17) is 22.9 Å². The molecule has 0 amide bonds. The molecule has 6 atom stereocenters. The number of hydrogen-bond acceptors (Lipinski definition) is 7. The Hall–Kier alpha value is -0.280. The summed E-state index contributed by atoms with van der Waals surface area (Å²) >= 11 is 0. The largest absolute Gasteiger partial charge is 0.328 e. The number of nitrogens with two attached hydrogens (primary N) is 4. The summed E-state index contributed by atoms with van der Waals surface area (Å²) in [6, 6.07) is 1.91. The summed E-state index contributed by atoms with van der Waals surface area (Å²) in [6.07, 6.45) is 25.5. The smallest absolute Gasteiger partial charge is 0.00670 e. The molecule has 0 radical (unpaired) electrons. The van der Waals surface area contributed by atoms with Crippen molar-refractivity contribution in [2.75, 3.05) is 32.7 Å². The Kier molecular flexibility index (Phi) is 30.5. The van der Waals surface area contributed by atoms with Gasteiger partial charge in [0, 0.05) is 30.2 Å². The van der Waals surface area contributed by atoms with Crippen LogP contribution in [0.25, 0.3) is 0 Å². The van der Waals surface area contributed by atoms with Gasteiger partial charge in [0.05, 0.1) is 0 Å². The molecule has 0 aliphatic heterocycles. The minimum atomic E-state index is 0.287. The Morgan fingerprint density at radius 1 is 0.381 bits per heavy atom. The Balaban J connectivity index is 4.00. The van der Waals surface area contributed by atoms with Gasteiger partial charge in [-0.3, -0.25) is 0 Å². The van der Waals surface area contributed by atoms with Crippen LogP contribution in [-0.2, 0) is 0 Å². The first-order valence-electron chi connectivity index (χ1n) is 18.4. The summed E-state index contributed by atoms with van der Waals surface area (Å²) in [4.78, 5) is 0. The fraction of sp³-hybridized carbons (Fsp3) is 1.00. The zero-order chi connectivity index (χ0) is 31.3. The van der Waals surface area contributed by atoms with Crippen LogP contribution in [0.4, 0.5) is 0 Å². The zero-order valence-electron chi connectivity index (χ0n) is 29.0. The van der Waals surface area contributed by atoms with Gasteiger partial charge in [-0.05, 0) is 131 Å². The van der Waals surface area contributed by atoms with Crippen molar-refractivity contribution in [3.63, 3.8) is 0 Å². The average molecular weight is 598 g/mol. The molecule has 7 heteroatoms. The van der Waals surface area contributed by atoms with Gasteiger partial charge < -0.3 is 38.9 Å². The topological polar surface area (TPSA) is 140 Å². The highest BCUT2D eigenvalue weighted by Crippen LogP contribution is 2.16. The van der Waals surface area contributed by atoms with Crippen LogP contribution in [0.15, 0.2) is 0 Å². The molecule has 0 aliphatic carbocycles. The maximum Gasteiger partial charge on any atom is 0.00670 e. The van der Waals surface area contributed by atoms with E-state index in [1.807, 2.05) is 0 Å². The van der Waals surface area contributed by atoms with Gasteiger partial charge in [0.25, 0.3) is 0 Å².